The Morgan fingerprint density at radius 1 is 0.750 bits per heavy atom. The van der Waals surface area contributed by atoms with E-state index < -0.39 is 11.6 Å². The first kappa shape index (κ1) is 19.1. The van der Waals surface area contributed by atoms with Crippen LogP contribution in [0.15, 0.2) is 0 Å². The molecule has 0 unspecified atom stereocenters. The summed E-state index contributed by atoms with van der Waals surface area (Å²) in [4.78, 5) is 21.8. The van der Waals surface area contributed by atoms with Crippen LogP contribution in [0, 0.1) is 0 Å². The third-order valence-corrected chi connectivity index (χ3v) is 3.48. The van der Waals surface area contributed by atoms with Gasteiger partial charge in [0.25, 0.3) is 0 Å². The van der Waals surface area contributed by atoms with Gasteiger partial charge in [0, 0.05) is 12.8 Å². The Hall–Kier alpha value is -0.900. The molecule has 0 rings (SSSR count). The molecule has 0 radical (unpaired) electrons. The number of unbranched alkanes of at least 4 members (excludes halogenated alkanes) is 8. The van der Waals surface area contributed by atoms with Gasteiger partial charge >= 0.3 is 5.97 Å². The number of aliphatic hydroxyl groups is 1. The highest BCUT2D eigenvalue weighted by Crippen LogP contribution is 2.13. The van der Waals surface area contributed by atoms with Gasteiger partial charge in [0.1, 0.15) is 5.60 Å². The molecule has 4 nitrogen and oxygen atoms in total. The van der Waals surface area contributed by atoms with Crippen LogP contribution in [0.1, 0.15) is 84.5 Å². The molecule has 0 aliphatic carbocycles. The summed E-state index contributed by atoms with van der Waals surface area (Å²) in [6.45, 7) is 3.08. The largest absolute Gasteiger partial charge is 0.481 e. The highest BCUT2D eigenvalue weighted by molar-refractivity contribution is 5.86. The monoisotopic (exact) mass is 286 g/mol. The predicted molar refractivity (Wildman–Crippen MR) is 79.7 cm³/mol. The Balaban J connectivity index is 3.21. The summed E-state index contributed by atoms with van der Waals surface area (Å²) < 4.78 is 0. The minimum Gasteiger partial charge on any atom is -0.481 e. The van der Waals surface area contributed by atoms with Crippen molar-refractivity contribution < 1.29 is 19.8 Å². The number of carboxylic acid groups (broad SMARTS) is 1. The third-order valence-electron chi connectivity index (χ3n) is 3.48. The Bertz CT molecular complexity index is 279. The first-order valence-electron chi connectivity index (χ1n) is 7.81. The van der Waals surface area contributed by atoms with Gasteiger partial charge in [-0.2, -0.15) is 0 Å². The second-order valence-corrected chi connectivity index (χ2v) is 6.06. The molecule has 4 heteroatoms. The van der Waals surface area contributed by atoms with Gasteiger partial charge in [0.15, 0.2) is 5.78 Å². The number of rotatable bonds is 13. The topological polar surface area (TPSA) is 74.6 Å². The molecule has 0 saturated heterocycles. The lowest BCUT2D eigenvalue weighted by molar-refractivity contribution is -0.137. The summed E-state index contributed by atoms with van der Waals surface area (Å²) in [6, 6.07) is 0. The maximum absolute atomic E-state index is 11.5. The Morgan fingerprint density at radius 3 is 1.45 bits per heavy atom. The molecular formula is C16H30O4. The number of carboxylic acids is 1. The Morgan fingerprint density at radius 2 is 1.10 bits per heavy atom. The average molecular weight is 286 g/mol. The van der Waals surface area contributed by atoms with Gasteiger partial charge in [-0.05, 0) is 26.7 Å². The molecule has 0 aromatic carbocycles. The zero-order chi connectivity index (χ0) is 15.4. The van der Waals surface area contributed by atoms with Crippen molar-refractivity contribution in [3.05, 3.63) is 0 Å². The molecule has 0 fully saturated rings. The number of carbonyl (C=O) groups is 2. The first-order valence-corrected chi connectivity index (χ1v) is 7.81. The van der Waals surface area contributed by atoms with Crippen molar-refractivity contribution in [2.45, 2.75) is 90.1 Å². The smallest absolute Gasteiger partial charge is 0.303 e. The number of hydrogen-bond acceptors (Lipinski definition) is 3. The van der Waals surface area contributed by atoms with Gasteiger partial charge in [-0.1, -0.05) is 44.9 Å². The van der Waals surface area contributed by atoms with Crippen LogP contribution in [0.25, 0.3) is 0 Å². The summed E-state index contributed by atoms with van der Waals surface area (Å²) in [5, 5.41) is 18.0. The van der Waals surface area contributed by atoms with Gasteiger partial charge in [-0.3, -0.25) is 9.59 Å². The molecule has 0 aliphatic heterocycles. The zero-order valence-electron chi connectivity index (χ0n) is 13.0. The average Bonchev–Trinajstić information content (AvgIpc) is 2.34. The van der Waals surface area contributed by atoms with Crippen molar-refractivity contribution in [1.29, 1.82) is 0 Å². The molecule has 0 amide bonds. The van der Waals surface area contributed by atoms with Crippen molar-refractivity contribution in [2.24, 2.45) is 0 Å². The molecule has 0 saturated carbocycles. The molecule has 20 heavy (non-hydrogen) atoms. The normalized spacial score (nSPS) is 11.6. The minimum absolute atomic E-state index is 0.0732. The summed E-state index contributed by atoms with van der Waals surface area (Å²) in [6.07, 6.45) is 10.2. The maximum Gasteiger partial charge on any atom is 0.303 e. The molecule has 0 aromatic rings. The fraction of sp³-hybridized carbons (Fsp3) is 0.875. The number of ketones is 1. The van der Waals surface area contributed by atoms with E-state index in [1.807, 2.05) is 0 Å². The van der Waals surface area contributed by atoms with E-state index in [2.05, 4.69) is 0 Å². The van der Waals surface area contributed by atoms with E-state index in [0.29, 0.717) is 6.42 Å². The first-order chi connectivity index (χ1) is 9.34. The van der Waals surface area contributed by atoms with E-state index in [4.69, 9.17) is 5.11 Å². The van der Waals surface area contributed by atoms with Gasteiger partial charge < -0.3 is 10.2 Å². The van der Waals surface area contributed by atoms with Crippen LogP contribution in [0.2, 0.25) is 0 Å². The SMILES string of the molecule is CC(C)(O)C(=O)CCCCCCCCCCCC(=O)O. The van der Waals surface area contributed by atoms with Gasteiger partial charge in [0.05, 0.1) is 0 Å². The molecule has 0 spiro atoms. The van der Waals surface area contributed by atoms with Crippen molar-refractivity contribution >= 4 is 11.8 Å². The Kier molecular flexibility index (Phi) is 10.3. The lowest BCUT2D eigenvalue weighted by Gasteiger charge is -2.14. The number of aliphatic carboxylic acids is 1. The molecule has 2 N–H and O–H groups in total. The van der Waals surface area contributed by atoms with E-state index in [1.54, 1.807) is 13.8 Å². The maximum atomic E-state index is 11.5. The Labute approximate surface area is 122 Å². The number of carbonyl (C=O) groups excluding carboxylic acids is 1. The summed E-state index contributed by atoms with van der Waals surface area (Å²) in [7, 11) is 0. The third kappa shape index (κ3) is 12.2. The van der Waals surface area contributed by atoms with E-state index >= 15 is 0 Å². The van der Waals surface area contributed by atoms with E-state index in [0.717, 1.165) is 38.5 Å². The zero-order valence-corrected chi connectivity index (χ0v) is 13.0. The van der Waals surface area contributed by atoms with Gasteiger partial charge in [-0.15, -0.1) is 0 Å². The molecular weight excluding hydrogens is 256 g/mol. The van der Waals surface area contributed by atoms with Gasteiger partial charge in [0.2, 0.25) is 0 Å². The van der Waals surface area contributed by atoms with Crippen molar-refractivity contribution in [3.63, 3.8) is 0 Å². The van der Waals surface area contributed by atoms with Crippen LogP contribution in [0.4, 0.5) is 0 Å². The summed E-state index contributed by atoms with van der Waals surface area (Å²) in [5.41, 5.74) is -1.18. The van der Waals surface area contributed by atoms with Crippen LogP contribution >= 0.6 is 0 Å². The van der Waals surface area contributed by atoms with Crippen LogP contribution in [0.3, 0.4) is 0 Å². The highest BCUT2D eigenvalue weighted by Gasteiger charge is 2.22. The fourth-order valence-electron chi connectivity index (χ4n) is 2.11. The van der Waals surface area contributed by atoms with Crippen LogP contribution < -0.4 is 0 Å². The summed E-state index contributed by atoms with van der Waals surface area (Å²) >= 11 is 0. The van der Waals surface area contributed by atoms with E-state index in [9.17, 15) is 14.7 Å². The molecule has 0 aromatic heterocycles. The molecule has 118 valence electrons. The lowest BCUT2D eigenvalue weighted by Crippen LogP contribution is -2.30. The van der Waals surface area contributed by atoms with Gasteiger partial charge in [-0.25, -0.2) is 0 Å². The molecule has 0 aliphatic rings. The van der Waals surface area contributed by atoms with Crippen LogP contribution in [0.5, 0.6) is 0 Å². The van der Waals surface area contributed by atoms with Crippen LogP contribution in [-0.2, 0) is 9.59 Å². The second kappa shape index (κ2) is 10.8. The van der Waals surface area contributed by atoms with Crippen molar-refractivity contribution in [3.8, 4) is 0 Å². The van der Waals surface area contributed by atoms with E-state index in [-0.39, 0.29) is 12.2 Å². The van der Waals surface area contributed by atoms with Crippen molar-refractivity contribution in [2.75, 3.05) is 0 Å². The molecule has 0 heterocycles. The van der Waals surface area contributed by atoms with Crippen LogP contribution in [-0.4, -0.2) is 27.6 Å². The van der Waals surface area contributed by atoms with Crippen molar-refractivity contribution in [1.82, 2.24) is 0 Å². The van der Waals surface area contributed by atoms with E-state index in [1.165, 1.54) is 19.3 Å². The number of Topliss-reactive ketones (excluding diaryl/α,β-unsaturated/α-hetero) is 1. The predicted octanol–water partition coefficient (Wildman–Crippen LogP) is 3.70. The minimum atomic E-state index is -1.18. The molecule has 0 atom stereocenters. The quantitative estimate of drug-likeness (QED) is 0.506. The standard InChI is InChI=1S/C16H30O4/c1-16(2,20)14(17)12-10-8-6-4-3-5-7-9-11-13-15(18)19/h20H,3-13H2,1-2H3,(H,18,19). The second-order valence-electron chi connectivity index (χ2n) is 6.06. The summed E-state index contributed by atoms with van der Waals surface area (Å²) in [5.74, 6) is -0.776. The number of hydrogen-bond donors (Lipinski definition) is 2. The highest BCUT2D eigenvalue weighted by atomic mass is 16.4. The molecule has 0 bridgehead atoms. The lowest BCUT2D eigenvalue weighted by atomic mass is 9.98. The fourth-order valence-corrected chi connectivity index (χ4v) is 2.11.